The second-order valence-electron chi connectivity index (χ2n) is 25.6. The Morgan fingerprint density at radius 2 is 0.791 bits per heavy atom. The molecule has 0 aliphatic carbocycles. The fourth-order valence-corrected chi connectivity index (χ4v) is 11.3. The number of carbonyl (C=O) groups is 2. The minimum atomic E-state index is -1.62. The van der Waals surface area contributed by atoms with Crippen LogP contribution in [0.25, 0.3) is 0 Å². The molecule has 11 heteroatoms. The van der Waals surface area contributed by atoms with Crippen molar-refractivity contribution in [3.63, 3.8) is 0 Å². The van der Waals surface area contributed by atoms with Gasteiger partial charge in [-0.15, -0.1) is 0 Å². The number of hydrogen-bond donors (Lipinski definition) is 6. The van der Waals surface area contributed by atoms with Crippen molar-refractivity contribution < 1.29 is 49.3 Å². The van der Waals surface area contributed by atoms with E-state index in [1.807, 2.05) is 6.08 Å². The molecule has 0 spiro atoms. The molecule has 11 nitrogen and oxygen atoms in total. The van der Waals surface area contributed by atoms with Crippen molar-refractivity contribution in [3.05, 3.63) is 109 Å². The number of hydrogen-bond acceptors (Lipinski definition) is 10. The number of rotatable bonds is 64. The van der Waals surface area contributed by atoms with Gasteiger partial charge in [0, 0.05) is 6.42 Å². The zero-order chi connectivity index (χ0) is 66.0. The maximum Gasteiger partial charge on any atom is 0.306 e. The highest BCUT2D eigenvalue weighted by Gasteiger charge is 2.47. The van der Waals surface area contributed by atoms with Crippen molar-refractivity contribution >= 4 is 11.9 Å². The molecule has 0 aromatic carbocycles. The summed E-state index contributed by atoms with van der Waals surface area (Å²) >= 11 is 0. The van der Waals surface area contributed by atoms with Gasteiger partial charge in [-0.3, -0.25) is 9.59 Å². The lowest BCUT2D eigenvalue weighted by atomic mass is 9.99. The maximum atomic E-state index is 13.5. The summed E-state index contributed by atoms with van der Waals surface area (Å²) in [6.07, 6.45) is 81.3. The van der Waals surface area contributed by atoms with Crippen molar-refractivity contribution in [3.8, 4) is 0 Å². The van der Waals surface area contributed by atoms with Crippen LogP contribution in [-0.4, -0.2) is 99.6 Å². The first kappa shape index (κ1) is 85.3. The molecule has 1 saturated heterocycles. The van der Waals surface area contributed by atoms with Crippen molar-refractivity contribution in [2.24, 2.45) is 0 Å². The Morgan fingerprint density at radius 3 is 1.21 bits per heavy atom. The fourth-order valence-electron chi connectivity index (χ4n) is 11.3. The molecule has 1 amide bonds. The van der Waals surface area contributed by atoms with Crippen LogP contribution in [0.5, 0.6) is 0 Å². The normalized spacial score (nSPS) is 18.6. The summed E-state index contributed by atoms with van der Waals surface area (Å²) in [5, 5.41) is 57.3. The first-order valence-corrected chi connectivity index (χ1v) is 37.7. The highest BCUT2D eigenvalue weighted by atomic mass is 16.7. The molecule has 524 valence electrons. The molecule has 0 aromatic rings. The first-order valence-electron chi connectivity index (χ1n) is 37.7. The van der Waals surface area contributed by atoms with Gasteiger partial charge >= 0.3 is 5.97 Å². The third-order valence-electron chi connectivity index (χ3n) is 17.2. The van der Waals surface area contributed by atoms with E-state index in [9.17, 15) is 35.1 Å². The molecule has 1 aliphatic heterocycles. The van der Waals surface area contributed by atoms with Crippen LogP contribution in [0.4, 0.5) is 0 Å². The summed E-state index contributed by atoms with van der Waals surface area (Å²) in [7, 11) is 0. The van der Waals surface area contributed by atoms with Crippen LogP contribution >= 0.6 is 0 Å². The lowest BCUT2D eigenvalue weighted by Gasteiger charge is -2.41. The lowest BCUT2D eigenvalue weighted by molar-refractivity contribution is -0.305. The van der Waals surface area contributed by atoms with Crippen LogP contribution in [0.1, 0.15) is 323 Å². The van der Waals surface area contributed by atoms with Gasteiger partial charge in [-0.1, -0.05) is 316 Å². The van der Waals surface area contributed by atoms with E-state index in [2.05, 4.69) is 123 Å². The molecular weight excluding hydrogens is 1130 g/mol. The molecule has 8 unspecified atom stereocenters. The Labute approximate surface area is 558 Å². The topological polar surface area (TPSA) is 175 Å². The standard InChI is InChI=1S/C80H139NO10/c1-4-7-10-13-16-19-22-25-27-29-31-33-35-36-37-38-39-41-43-45-47-50-53-56-59-62-65-68-75(85)91-78-77(87)76(86)74(69-82)90-80(78)89-70-71(72(83)66-63-60-57-54-51-48-24-21-18-15-12-9-6-3)81-79(88)73(84)67-64-61-58-55-52-49-46-44-42-40-34-32-30-28-26-23-20-17-14-11-8-5-2/h8,11,16-17,19-20,25-28,32,34,42,44,49,52,63,66,71-74,76-78,80,82-84,86-87H,4-7,9-10,12-15,18,21-24,29-31,33,35-41,43,45-48,50-51,53-62,64-65,67-70H2,1-3H3,(H,81,88)/b11-8-,19-16-,20-17-,27-25-,28-26-,34-32-,44-42-,52-49-,66-63+. The van der Waals surface area contributed by atoms with Crippen molar-refractivity contribution in [1.29, 1.82) is 0 Å². The van der Waals surface area contributed by atoms with Gasteiger partial charge in [0.1, 0.15) is 24.4 Å². The Kier molecular flexibility index (Phi) is 62.2. The van der Waals surface area contributed by atoms with E-state index >= 15 is 0 Å². The van der Waals surface area contributed by atoms with Gasteiger partial charge < -0.3 is 45.1 Å². The molecule has 0 saturated carbocycles. The average molecular weight is 1270 g/mol. The minimum absolute atomic E-state index is 0.117. The summed E-state index contributed by atoms with van der Waals surface area (Å²) in [5.41, 5.74) is 0. The minimum Gasteiger partial charge on any atom is -0.454 e. The number of aliphatic hydroxyl groups is 5. The zero-order valence-electron chi connectivity index (χ0n) is 58.4. The lowest BCUT2D eigenvalue weighted by Crippen LogP contribution is -2.61. The van der Waals surface area contributed by atoms with Gasteiger partial charge in [0.05, 0.1) is 25.4 Å². The molecular formula is C80H139NO10. The van der Waals surface area contributed by atoms with Crippen LogP contribution in [0.2, 0.25) is 0 Å². The van der Waals surface area contributed by atoms with E-state index in [-0.39, 0.29) is 19.4 Å². The van der Waals surface area contributed by atoms with Crippen LogP contribution in [0.3, 0.4) is 0 Å². The van der Waals surface area contributed by atoms with Crippen LogP contribution in [0.15, 0.2) is 109 Å². The maximum absolute atomic E-state index is 13.5. The van der Waals surface area contributed by atoms with Gasteiger partial charge in [-0.2, -0.15) is 0 Å². The molecule has 1 heterocycles. The summed E-state index contributed by atoms with van der Waals surface area (Å²) in [4.78, 5) is 26.7. The van der Waals surface area contributed by atoms with Gasteiger partial charge in [-0.05, 0) is 109 Å². The molecule has 0 bridgehead atoms. The number of nitrogens with one attached hydrogen (secondary N) is 1. The van der Waals surface area contributed by atoms with Gasteiger partial charge in [0.2, 0.25) is 5.91 Å². The van der Waals surface area contributed by atoms with E-state index in [1.165, 1.54) is 173 Å². The van der Waals surface area contributed by atoms with E-state index in [4.69, 9.17) is 14.2 Å². The molecule has 1 rings (SSSR count). The van der Waals surface area contributed by atoms with Crippen molar-refractivity contribution in [2.45, 2.75) is 372 Å². The summed E-state index contributed by atoms with van der Waals surface area (Å²) < 4.78 is 17.7. The summed E-state index contributed by atoms with van der Waals surface area (Å²) in [5.74, 6) is -1.22. The molecule has 1 fully saturated rings. The van der Waals surface area contributed by atoms with Gasteiger partial charge in [0.25, 0.3) is 0 Å². The molecule has 91 heavy (non-hydrogen) atoms. The zero-order valence-corrected chi connectivity index (χ0v) is 58.4. The number of ether oxygens (including phenoxy) is 3. The smallest absolute Gasteiger partial charge is 0.306 e. The monoisotopic (exact) mass is 1270 g/mol. The first-order chi connectivity index (χ1) is 44.7. The van der Waals surface area contributed by atoms with Crippen LogP contribution < -0.4 is 5.32 Å². The Hall–Kier alpha value is -3.68. The predicted molar refractivity (Wildman–Crippen MR) is 384 cm³/mol. The average Bonchev–Trinajstić information content (AvgIpc) is 1.05. The van der Waals surface area contributed by atoms with E-state index < -0.39 is 67.4 Å². The summed E-state index contributed by atoms with van der Waals surface area (Å²) in [6, 6.07) is -1.05. The molecule has 8 atom stereocenters. The summed E-state index contributed by atoms with van der Waals surface area (Å²) in [6.45, 7) is 5.67. The van der Waals surface area contributed by atoms with Crippen LogP contribution in [-0.2, 0) is 23.8 Å². The third kappa shape index (κ3) is 53.3. The van der Waals surface area contributed by atoms with E-state index in [0.717, 1.165) is 103 Å². The third-order valence-corrected chi connectivity index (χ3v) is 17.2. The highest BCUT2D eigenvalue weighted by molar-refractivity contribution is 5.80. The number of esters is 1. The van der Waals surface area contributed by atoms with Crippen molar-refractivity contribution in [1.82, 2.24) is 5.32 Å². The van der Waals surface area contributed by atoms with Crippen molar-refractivity contribution in [2.75, 3.05) is 13.2 Å². The molecule has 6 N–H and O–H groups in total. The largest absolute Gasteiger partial charge is 0.454 e. The number of allylic oxidation sites excluding steroid dienone is 17. The van der Waals surface area contributed by atoms with E-state index in [0.29, 0.717) is 12.8 Å². The number of aliphatic hydroxyl groups excluding tert-OH is 5. The van der Waals surface area contributed by atoms with Crippen LogP contribution in [0, 0.1) is 0 Å². The second-order valence-corrected chi connectivity index (χ2v) is 25.6. The fraction of sp³-hybridized carbons (Fsp3) is 0.750. The van der Waals surface area contributed by atoms with Gasteiger partial charge in [0.15, 0.2) is 12.4 Å². The molecule has 0 aromatic heterocycles. The second kappa shape index (κ2) is 66.3. The Morgan fingerprint density at radius 1 is 0.440 bits per heavy atom. The Bertz CT molecular complexity index is 1900. The SMILES string of the molecule is CC/C=C\C/C=C\C/C=C\C/C=C\C/C=C\C/C=C\CCCCCC(O)C(=O)NC(COC1OC(CO)C(O)C(O)C1OC(=O)CCCCCCCCCCCCCCCCCCC/C=C\C/C=C\CCCCC)C(O)/C=C/CCCCCCCCCCCCC. The quantitative estimate of drug-likeness (QED) is 0.0195. The molecule has 0 radical (unpaired) electrons. The van der Waals surface area contributed by atoms with E-state index in [1.54, 1.807) is 6.08 Å². The highest BCUT2D eigenvalue weighted by Crippen LogP contribution is 2.26. The number of amides is 1. The Balaban J connectivity index is 2.57. The molecule has 1 aliphatic rings. The number of unbranched alkanes of at least 4 members (excludes halogenated alkanes) is 34. The number of carbonyl (C=O) groups excluding carboxylic acids is 2. The van der Waals surface area contributed by atoms with Gasteiger partial charge in [-0.25, -0.2) is 0 Å². The predicted octanol–water partition coefficient (Wildman–Crippen LogP) is 20.0.